The molecule has 0 bridgehead atoms. The molecule has 130 valence electrons. The molecule has 2 heterocycles. The molecule has 2 unspecified atom stereocenters. The first-order chi connectivity index (χ1) is 11.5. The molecule has 1 N–H and O–H groups in total. The molecule has 3 rings (SSSR count). The third kappa shape index (κ3) is 3.34. The van der Waals surface area contributed by atoms with Gasteiger partial charge in [0.25, 0.3) is 0 Å². The van der Waals surface area contributed by atoms with Crippen molar-refractivity contribution in [1.82, 2.24) is 13.9 Å². The summed E-state index contributed by atoms with van der Waals surface area (Å²) in [5, 5.41) is 0. The maximum atomic E-state index is 14.5. The van der Waals surface area contributed by atoms with Crippen molar-refractivity contribution >= 4 is 11.0 Å². The molecule has 0 spiro atoms. The summed E-state index contributed by atoms with van der Waals surface area (Å²) in [6, 6.07) is 1.64. The number of rotatable bonds is 4. The van der Waals surface area contributed by atoms with Gasteiger partial charge in [-0.1, -0.05) is 0 Å². The van der Waals surface area contributed by atoms with Crippen molar-refractivity contribution in [1.29, 1.82) is 0 Å². The maximum absolute atomic E-state index is 14.5. The number of aromatic nitrogens is 2. The molecule has 5 nitrogen and oxygen atoms in total. The summed E-state index contributed by atoms with van der Waals surface area (Å²) >= 11 is 0. The summed E-state index contributed by atoms with van der Waals surface area (Å²) in [6.45, 7) is 2.37. The average Bonchev–Trinajstić information content (AvgIpc) is 2.98. The smallest absolute Gasteiger partial charge is 0.313 e. The van der Waals surface area contributed by atoms with E-state index in [1.807, 2.05) is 0 Å². The van der Waals surface area contributed by atoms with Crippen molar-refractivity contribution in [2.24, 2.45) is 0 Å². The molecule has 1 fully saturated rings. The van der Waals surface area contributed by atoms with E-state index in [-0.39, 0.29) is 23.4 Å². The largest absolute Gasteiger partial charge is 0.326 e. The summed E-state index contributed by atoms with van der Waals surface area (Å²) in [4.78, 5) is 14.1. The van der Waals surface area contributed by atoms with Gasteiger partial charge in [0.2, 0.25) is 0 Å². The fourth-order valence-corrected chi connectivity index (χ4v) is 4.24. The van der Waals surface area contributed by atoms with Gasteiger partial charge in [-0.2, -0.15) is 0 Å². The van der Waals surface area contributed by atoms with Crippen LogP contribution in [0.25, 0.3) is 0 Å². The number of benzene rings is 1. The van der Waals surface area contributed by atoms with Crippen LogP contribution in [-0.2, 0) is 17.5 Å². The lowest BCUT2D eigenvalue weighted by atomic mass is 10.0. The third-order valence-corrected chi connectivity index (χ3v) is 5.85. The lowest BCUT2D eigenvalue weighted by Crippen LogP contribution is -2.33. The van der Waals surface area contributed by atoms with Gasteiger partial charge in [0.1, 0.15) is 11.6 Å². The van der Waals surface area contributed by atoms with Crippen LogP contribution in [0.2, 0.25) is 0 Å². The molecule has 0 radical (unpaired) electrons. The third-order valence-electron chi connectivity index (χ3n) is 4.32. The van der Waals surface area contributed by atoms with Gasteiger partial charge in [-0.15, -0.1) is 0 Å². The first kappa shape index (κ1) is 17.0. The Hall–Kier alpha value is -1.80. The molecule has 24 heavy (non-hydrogen) atoms. The van der Waals surface area contributed by atoms with Crippen LogP contribution in [0.4, 0.5) is 8.78 Å². The number of nitrogens with zero attached hydrogens (tertiary/aromatic N) is 2. The zero-order chi connectivity index (χ0) is 17.3. The minimum absolute atomic E-state index is 0.109. The highest BCUT2D eigenvalue weighted by Crippen LogP contribution is 2.25. The Balaban J connectivity index is 1.87. The highest BCUT2D eigenvalue weighted by atomic mass is 32.2. The molecule has 2 aromatic rings. The Kier molecular flexibility index (Phi) is 4.96. The van der Waals surface area contributed by atoms with Crippen molar-refractivity contribution in [3.8, 4) is 0 Å². The Morgan fingerprint density at radius 1 is 1.29 bits per heavy atom. The molecular formula is C16H19F2N3O2S. The molecule has 0 amide bonds. The molecule has 1 aliphatic rings. The molecule has 1 aliphatic heterocycles. The van der Waals surface area contributed by atoms with E-state index in [2.05, 4.69) is 4.98 Å². The predicted molar refractivity (Wildman–Crippen MR) is 87.9 cm³/mol. The number of nitrogens with one attached hydrogen (secondary N) is 1. The minimum Gasteiger partial charge on any atom is -0.313 e. The Bertz CT molecular complexity index is 818. The van der Waals surface area contributed by atoms with Crippen LogP contribution in [-0.4, -0.2) is 30.4 Å². The first-order valence-electron chi connectivity index (χ1n) is 7.84. The lowest BCUT2D eigenvalue weighted by molar-refractivity contribution is 0.400. The number of imidazole rings is 1. The highest BCUT2D eigenvalue weighted by Gasteiger charge is 2.22. The van der Waals surface area contributed by atoms with Gasteiger partial charge in [-0.05, 0) is 31.9 Å². The van der Waals surface area contributed by atoms with Crippen LogP contribution in [0.15, 0.2) is 29.3 Å². The second-order valence-electron chi connectivity index (χ2n) is 5.91. The molecular weight excluding hydrogens is 336 g/mol. The molecule has 0 aliphatic carbocycles. The summed E-state index contributed by atoms with van der Waals surface area (Å²) in [5.41, 5.74) is -0.0899. The van der Waals surface area contributed by atoms with E-state index in [0.29, 0.717) is 12.3 Å². The van der Waals surface area contributed by atoms with Crippen molar-refractivity contribution in [3.63, 3.8) is 0 Å². The van der Waals surface area contributed by atoms with Crippen LogP contribution in [0.1, 0.15) is 36.9 Å². The zero-order valence-electron chi connectivity index (χ0n) is 13.3. The summed E-state index contributed by atoms with van der Waals surface area (Å²) in [7, 11) is -1.14. The van der Waals surface area contributed by atoms with Crippen LogP contribution < -0.4 is 5.69 Å². The summed E-state index contributed by atoms with van der Waals surface area (Å²) in [6.07, 6.45) is 4.74. The van der Waals surface area contributed by atoms with E-state index >= 15 is 0 Å². The Morgan fingerprint density at radius 3 is 2.75 bits per heavy atom. The normalized spacial score (nSPS) is 20.2. The molecule has 1 aromatic carbocycles. The quantitative estimate of drug-likeness (QED) is 0.915. The summed E-state index contributed by atoms with van der Waals surface area (Å²) < 4.78 is 43.8. The average molecular weight is 355 g/mol. The molecule has 8 heteroatoms. The maximum Gasteiger partial charge on any atom is 0.326 e. The Labute approximate surface area is 140 Å². The van der Waals surface area contributed by atoms with E-state index in [1.54, 1.807) is 11.2 Å². The second-order valence-corrected chi connectivity index (χ2v) is 7.48. The van der Waals surface area contributed by atoms with Crippen LogP contribution in [0.3, 0.4) is 0 Å². The number of aromatic amines is 1. The van der Waals surface area contributed by atoms with E-state index < -0.39 is 28.7 Å². The molecule has 1 aromatic heterocycles. The van der Waals surface area contributed by atoms with E-state index in [1.165, 1.54) is 17.0 Å². The van der Waals surface area contributed by atoms with Crippen molar-refractivity contribution in [3.05, 3.63) is 57.8 Å². The van der Waals surface area contributed by atoms with Crippen LogP contribution >= 0.6 is 0 Å². The predicted octanol–water partition coefficient (Wildman–Crippen LogP) is 2.32. The van der Waals surface area contributed by atoms with Crippen LogP contribution in [0.5, 0.6) is 0 Å². The molecule has 0 saturated carbocycles. The fourth-order valence-electron chi connectivity index (χ4n) is 2.92. The topological polar surface area (TPSA) is 58.1 Å². The summed E-state index contributed by atoms with van der Waals surface area (Å²) in [5.74, 6) is -0.561. The van der Waals surface area contributed by atoms with Crippen molar-refractivity contribution in [2.75, 3.05) is 12.3 Å². The van der Waals surface area contributed by atoms with Gasteiger partial charge in [-0.3, -0.25) is 4.57 Å². The monoisotopic (exact) mass is 355 g/mol. The SMILES string of the molecule is CC(c1cc(F)c(CN2CCCCS2=O)cc1F)n1cc[nH]c1=O. The first-order valence-corrected chi connectivity index (χ1v) is 9.11. The molecule has 2 atom stereocenters. The lowest BCUT2D eigenvalue weighted by Gasteiger charge is -2.25. The van der Waals surface area contributed by atoms with E-state index in [0.717, 1.165) is 25.0 Å². The van der Waals surface area contributed by atoms with E-state index in [4.69, 9.17) is 0 Å². The van der Waals surface area contributed by atoms with Gasteiger partial charge in [0.15, 0.2) is 0 Å². The zero-order valence-corrected chi connectivity index (χ0v) is 14.1. The van der Waals surface area contributed by atoms with Crippen LogP contribution in [0, 0.1) is 11.6 Å². The van der Waals surface area contributed by atoms with E-state index in [9.17, 15) is 17.8 Å². The number of H-pyrrole nitrogens is 1. The molecule has 1 saturated heterocycles. The van der Waals surface area contributed by atoms with Gasteiger partial charge in [-0.25, -0.2) is 22.1 Å². The fraction of sp³-hybridized carbons (Fsp3) is 0.438. The number of halogens is 2. The Morgan fingerprint density at radius 2 is 2.08 bits per heavy atom. The number of hydrogen-bond acceptors (Lipinski definition) is 2. The van der Waals surface area contributed by atoms with Crippen molar-refractivity contribution in [2.45, 2.75) is 32.4 Å². The van der Waals surface area contributed by atoms with Crippen molar-refractivity contribution < 1.29 is 13.0 Å². The minimum atomic E-state index is -1.14. The number of hydrogen-bond donors (Lipinski definition) is 1. The highest BCUT2D eigenvalue weighted by molar-refractivity contribution is 7.82. The van der Waals surface area contributed by atoms with Gasteiger partial charge in [0, 0.05) is 42.4 Å². The second kappa shape index (κ2) is 6.98. The standard InChI is InChI=1S/C16H19F2N3O2S/c1-11(21-6-4-19-16(21)22)13-9-14(17)12(8-15(13)18)10-20-5-2-3-7-24(20)23/h4,6,8-9,11H,2-3,5,7,10H2,1H3,(H,19,22). The van der Waals surface area contributed by atoms with Gasteiger partial charge < -0.3 is 4.98 Å². The van der Waals surface area contributed by atoms with Gasteiger partial charge in [0.05, 0.1) is 17.0 Å². The van der Waals surface area contributed by atoms with Gasteiger partial charge >= 0.3 is 5.69 Å².